The Labute approximate surface area is 154 Å². The quantitative estimate of drug-likeness (QED) is 0.623. The second-order valence-corrected chi connectivity index (χ2v) is 6.80. The molecule has 6 nitrogen and oxygen atoms in total. The topological polar surface area (TPSA) is 127 Å². The van der Waals surface area contributed by atoms with Gasteiger partial charge in [0.05, 0.1) is 11.1 Å². The van der Waals surface area contributed by atoms with Gasteiger partial charge in [0.2, 0.25) is 0 Å². The summed E-state index contributed by atoms with van der Waals surface area (Å²) in [7, 11) is 0. The highest BCUT2D eigenvalue weighted by Gasteiger charge is 2.28. The van der Waals surface area contributed by atoms with Gasteiger partial charge in [0, 0.05) is 11.1 Å². The molecule has 0 heterocycles. The maximum atomic E-state index is 10.1. The lowest BCUT2D eigenvalue weighted by atomic mass is 9.85. The minimum atomic E-state index is -0.285. The highest BCUT2D eigenvalue weighted by atomic mass is 16.3. The van der Waals surface area contributed by atoms with Gasteiger partial charge in [0.1, 0.15) is 11.5 Å². The van der Waals surface area contributed by atoms with Crippen molar-refractivity contribution in [3.05, 3.63) is 59.7 Å². The second kappa shape index (κ2) is 10.3. The fourth-order valence-corrected chi connectivity index (χ4v) is 1.17. The van der Waals surface area contributed by atoms with E-state index in [-0.39, 0.29) is 22.6 Å². The van der Waals surface area contributed by atoms with Crippen molar-refractivity contribution in [2.45, 2.75) is 38.8 Å². The molecule has 2 rings (SSSR count). The Bertz CT molecular complexity index is 640. The minimum absolute atomic E-state index is 0.0347. The summed E-state index contributed by atoms with van der Waals surface area (Å²) in [5.74, 6) is 0.0694. The van der Waals surface area contributed by atoms with Gasteiger partial charge in [0.25, 0.3) is 0 Å². The SMILES string of the molecule is CC(C)(N)C(C)(C)N.O=Cc1ccccc1O.O=Cc1ccccc1O. The van der Waals surface area contributed by atoms with Crippen molar-refractivity contribution in [3.63, 3.8) is 0 Å². The summed E-state index contributed by atoms with van der Waals surface area (Å²) in [6, 6.07) is 12.8. The average Bonchev–Trinajstić information content (AvgIpc) is 2.55. The van der Waals surface area contributed by atoms with Crippen LogP contribution in [0, 0.1) is 0 Å². The van der Waals surface area contributed by atoms with Gasteiger partial charge in [-0.1, -0.05) is 24.3 Å². The molecule has 0 saturated heterocycles. The van der Waals surface area contributed by atoms with Crippen LogP contribution in [0.3, 0.4) is 0 Å². The van der Waals surface area contributed by atoms with Gasteiger partial charge in [-0.3, -0.25) is 9.59 Å². The Morgan fingerprint density at radius 3 is 1.12 bits per heavy atom. The standard InChI is InChI=1S/2C7H6O2.C6H16N2/c2*8-5-6-3-1-2-4-7(6)9;1-5(2,7)6(3,4)8/h2*1-5,9H;7-8H2,1-4H3. The zero-order valence-electron chi connectivity index (χ0n) is 15.6. The zero-order valence-corrected chi connectivity index (χ0v) is 15.6. The van der Waals surface area contributed by atoms with Crippen molar-refractivity contribution in [2.24, 2.45) is 11.5 Å². The number of para-hydroxylation sites is 2. The lowest BCUT2D eigenvalue weighted by Gasteiger charge is -2.34. The van der Waals surface area contributed by atoms with Crippen LogP contribution in [-0.2, 0) is 0 Å². The highest BCUT2D eigenvalue weighted by molar-refractivity contribution is 5.79. The van der Waals surface area contributed by atoms with Gasteiger partial charge in [0.15, 0.2) is 12.6 Å². The summed E-state index contributed by atoms with van der Waals surface area (Å²) in [6.07, 6.45) is 1.24. The van der Waals surface area contributed by atoms with Crippen LogP contribution in [0.1, 0.15) is 48.4 Å². The third kappa shape index (κ3) is 8.41. The Kier molecular flexibility index (Phi) is 9.25. The first-order valence-corrected chi connectivity index (χ1v) is 7.98. The summed E-state index contributed by atoms with van der Waals surface area (Å²) < 4.78 is 0. The molecule has 0 spiro atoms. The maximum Gasteiger partial charge on any atom is 0.153 e. The number of benzene rings is 2. The van der Waals surface area contributed by atoms with E-state index < -0.39 is 0 Å². The molecule has 0 amide bonds. The third-order valence-electron chi connectivity index (χ3n) is 3.79. The third-order valence-corrected chi connectivity index (χ3v) is 3.79. The van der Waals surface area contributed by atoms with Gasteiger partial charge in [-0.15, -0.1) is 0 Å². The van der Waals surface area contributed by atoms with Crippen molar-refractivity contribution in [1.29, 1.82) is 0 Å². The van der Waals surface area contributed by atoms with Gasteiger partial charge >= 0.3 is 0 Å². The van der Waals surface area contributed by atoms with Gasteiger partial charge in [-0.2, -0.15) is 0 Å². The van der Waals surface area contributed by atoms with Crippen LogP contribution in [0.4, 0.5) is 0 Å². The van der Waals surface area contributed by atoms with Crippen LogP contribution in [0.25, 0.3) is 0 Å². The Morgan fingerprint density at radius 1 is 0.692 bits per heavy atom. The lowest BCUT2D eigenvalue weighted by molar-refractivity contribution is 0.111. The summed E-state index contributed by atoms with van der Waals surface area (Å²) in [4.78, 5) is 20.1. The summed E-state index contributed by atoms with van der Waals surface area (Å²) in [5, 5.41) is 17.8. The molecule has 142 valence electrons. The molecule has 0 unspecified atom stereocenters. The molecule has 0 saturated carbocycles. The van der Waals surface area contributed by atoms with E-state index in [0.29, 0.717) is 23.7 Å². The van der Waals surface area contributed by atoms with Crippen molar-refractivity contribution in [2.75, 3.05) is 0 Å². The molecule has 0 aromatic heterocycles. The van der Waals surface area contributed by atoms with Gasteiger partial charge in [-0.25, -0.2) is 0 Å². The first-order chi connectivity index (χ1) is 11.9. The largest absolute Gasteiger partial charge is 0.507 e. The Balaban J connectivity index is 0.000000362. The van der Waals surface area contributed by atoms with E-state index in [4.69, 9.17) is 21.7 Å². The predicted molar refractivity (Wildman–Crippen MR) is 104 cm³/mol. The van der Waals surface area contributed by atoms with E-state index in [1.807, 2.05) is 27.7 Å². The van der Waals surface area contributed by atoms with Crippen LogP contribution in [0.2, 0.25) is 0 Å². The van der Waals surface area contributed by atoms with Crippen molar-refractivity contribution in [1.82, 2.24) is 0 Å². The van der Waals surface area contributed by atoms with E-state index in [1.165, 1.54) is 12.1 Å². The van der Waals surface area contributed by atoms with Gasteiger partial charge in [-0.05, 0) is 52.0 Å². The van der Waals surface area contributed by atoms with Crippen LogP contribution in [0.5, 0.6) is 11.5 Å². The van der Waals surface area contributed by atoms with Crippen molar-refractivity contribution in [3.8, 4) is 11.5 Å². The number of phenols is 2. The van der Waals surface area contributed by atoms with Crippen LogP contribution in [-0.4, -0.2) is 33.9 Å². The van der Waals surface area contributed by atoms with E-state index >= 15 is 0 Å². The Morgan fingerprint density at radius 2 is 0.962 bits per heavy atom. The summed E-state index contributed by atoms with van der Waals surface area (Å²) in [5.41, 5.74) is 11.5. The van der Waals surface area contributed by atoms with Crippen molar-refractivity contribution >= 4 is 12.6 Å². The smallest absolute Gasteiger partial charge is 0.153 e. The molecule has 6 N–H and O–H groups in total. The summed E-state index contributed by atoms with van der Waals surface area (Å²) >= 11 is 0. The maximum absolute atomic E-state index is 10.1. The van der Waals surface area contributed by atoms with Crippen LogP contribution in [0.15, 0.2) is 48.5 Å². The molecule has 0 aliphatic heterocycles. The number of carbonyl (C=O) groups is 2. The number of rotatable bonds is 3. The minimum Gasteiger partial charge on any atom is -0.507 e. The van der Waals surface area contributed by atoms with Crippen LogP contribution < -0.4 is 11.5 Å². The molecule has 0 radical (unpaired) electrons. The van der Waals surface area contributed by atoms with E-state index in [2.05, 4.69) is 0 Å². The monoisotopic (exact) mass is 360 g/mol. The van der Waals surface area contributed by atoms with Crippen molar-refractivity contribution < 1.29 is 19.8 Å². The highest BCUT2D eigenvalue weighted by Crippen LogP contribution is 2.13. The van der Waals surface area contributed by atoms with Gasteiger partial charge < -0.3 is 21.7 Å². The molecule has 2 aromatic rings. The first kappa shape index (κ1) is 23.3. The number of aldehydes is 2. The molecule has 0 bridgehead atoms. The summed E-state index contributed by atoms with van der Waals surface area (Å²) in [6.45, 7) is 7.69. The lowest BCUT2D eigenvalue weighted by Crippen LogP contribution is -2.58. The molecule has 0 aliphatic carbocycles. The fourth-order valence-electron chi connectivity index (χ4n) is 1.17. The Hall–Kier alpha value is -2.70. The molecule has 0 atom stereocenters. The molecular formula is C20H28N2O4. The molecule has 6 heteroatoms. The normalized spacial score (nSPS) is 10.5. The number of nitrogens with two attached hydrogens (primary N) is 2. The average molecular weight is 360 g/mol. The first-order valence-electron chi connectivity index (χ1n) is 7.98. The molecule has 26 heavy (non-hydrogen) atoms. The number of aromatic hydroxyl groups is 2. The number of hydrogen-bond acceptors (Lipinski definition) is 6. The molecule has 2 aromatic carbocycles. The number of carbonyl (C=O) groups excluding carboxylic acids is 2. The van der Waals surface area contributed by atoms with E-state index in [0.717, 1.165) is 0 Å². The fraction of sp³-hybridized carbons (Fsp3) is 0.300. The molecule has 0 fully saturated rings. The molecule has 0 aliphatic rings. The zero-order chi connectivity index (χ0) is 20.4. The number of phenolic OH excluding ortho intramolecular Hbond substituents is 2. The number of hydrogen-bond donors (Lipinski definition) is 4. The second-order valence-electron chi connectivity index (χ2n) is 6.80. The van der Waals surface area contributed by atoms with E-state index in [9.17, 15) is 9.59 Å². The van der Waals surface area contributed by atoms with Crippen LogP contribution >= 0.6 is 0 Å². The molecular weight excluding hydrogens is 332 g/mol. The van der Waals surface area contributed by atoms with E-state index in [1.54, 1.807) is 36.4 Å². The predicted octanol–water partition coefficient (Wildman–Crippen LogP) is 2.87.